The van der Waals surface area contributed by atoms with Crippen LogP contribution in [0, 0.1) is 0 Å². The van der Waals surface area contributed by atoms with Crippen LogP contribution in [0.15, 0.2) is 0 Å². The smallest absolute Gasteiger partial charge is 0.0701 e. The predicted molar refractivity (Wildman–Crippen MR) is 82.3 cm³/mol. The zero-order chi connectivity index (χ0) is 16.1. The molecule has 0 radical (unpaired) electrons. The van der Waals surface area contributed by atoms with Gasteiger partial charge in [-0.3, -0.25) is 0 Å². The standard InChI is InChI=1S/C15H32O7/c1-2-4-17-6-8-19-10-12-21-14-15-22-13-11-20-9-7-18-5-3-16/h16H,2-15H2,1H3. The molecule has 22 heavy (non-hydrogen) atoms. The lowest BCUT2D eigenvalue weighted by molar-refractivity contribution is -0.0181. The van der Waals surface area contributed by atoms with Crippen LogP contribution < -0.4 is 0 Å². The Kier molecular flexibility index (Phi) is 20.5. The molecule has 7 nitrogen and oxygen atoms in total. The number of ether oxygens (including phenoxy) is 6. The van der Waals surface area contributed by atoms with Gasteiger partial charge in [-0.15, -0.1) is 0 Å². The number of hydrogen-bond acceptors (Lipinski definition) is 7. The molecular weight excluding hydrogens is 292 g/mol. The molecule has 134 valence electrons. The molecule has 0 saturated heterocycles. The molecule has 1 N–H and O–H groups in total. The Morgan fingerprint density at radius 2 is 0.727 bits per heavy atom. The van der Waals surface area contributed by atoms with E-state index in [0.29, 0.717) is 72.7 Å². The molecule has 0 aromatic carbocycles. The van der Waals surface area contributed by atoms with E-state index in [0.717, 1.165) is 13.0 Å². The van der Waals surface area contributed by atoms with Crippen molar-refractivity contribution in [3.8, 4) is 0 Å². The average Bonchev–Trinajstić information content (AvgIpc) is 2.54. The van der Waals surface area contributed by atoms with Crippen LogP contribution in [-0.4, -0.2) is 91.0 Å². The minimum Gasteiger partial charge on any atom is -0.394 e. The molecule has 0 aliphatic heterocycles. The van der Waals surface area contributed by atoms with Crippen molar-refractivity contribution in [1.82, 2.24) is 0 Å². The molecule has 0 atom stereocenters. The van der Waals surface area contributed by atoms with Crippen LogP contribution in [0.2, 0.25) is 0 Å². The van der Waals surface area contributed by atoms with Gasteiger partial charge in [0.15, 0.2) is 0 Å². The average molecular weight is 324 g/mol. The Bertz CT molecular complexity index is 173. The van der Waals surface area contributed by atoms with Crippen LogP contribution in [0.3, 0.4) is 0 Å². The second-order valence-electron chi connectivity index (χ2n) is 4.40. The van der Waals surface area contributed by atoms with Crippen molar-refractivity contribution in [2.24, 2.45) is 0 Å². The predicted octanol–water partition coefficient (Wildman–Crippen LogP) is 0.488. The molecule has 0 aromatic heterocycles. The van der Waals surface area contributed by atoms with Crippen molar-refractivity contribution in [3.63, 3.8) is 0 Å². The van der Waals surface area contributed by atoms with Gasteiger partial charge in [0, 0.05) is 6.61 Å². The van der Waals surface area contributed by atoms with Crippen molar-refractivity contribution in [2.75, 3.05) is 85.9 Å². The van der Waals surface area contributed by atoms with E-state index in [-0.39, 0.29) is 6.61 Å². The quantitative estimate of drug-likeness (QED) is 0.347. The van der Waals surface area contributed by atoms with E-state index in [1.54, 1.807) is 0 Å². The van der Waals surface area contributed by atoms with E-state index in [4.69, 9.17) is 33.5 Å². The van der Waals surface area contributed by atoms with E-state index in [1.807, 2.05) is 0 Å². The third-order valence-electron chi connectivity index (χ3n) is 2.44. The Balaban J connectivity index is 2.91. The zero-order valence-corrected chi connectivity index (χ0v) is 13.8. The van der Waals surface area contributed by atoms with E-state index >= 15 is 0 Å². The molecule has 0 saturated carbocycles. The lowest BCUT2D eigenvalue weighted by atomic mass is 10.5. The SMILES string of the molecule is CCCOCCOCCOCCOCCOCCOCCO. The summed E-state index contributed by atoms with van der Waals surface area (Å²) in [6.45, 7) is 8.83. The minimum absolute atomic E-state index is 0.0424. The van der Waals surface area contributed by atoms with E-state index in [9.17, 15) is 0 Å². The lowest BCUT2D eigenvalue weighted by Crippen LogP contribution is -2.14. The maximum Gasteiger partial charge on any atom is 0.0701 e. The van der Waals surface area contributed by atoms with Crippen LogP contribution in [-0.2, 0) is 28.4 Å². The summed E-state index contributed by atoms with van der Waals surface area (Å²) in [7, 11) is 0. The van der Waals surface area contributed by atoms with Gasteiger partial charge in [0.25, 0.3) is 0 Å². The van der Waals surface area contributed by atoms with Crippen molar-refractivity contribution < 1.29 is 33.5 Å². The van der Waals surface area contributed by atoms with Crippen LogP contribution >= 0.6 is 0 Å². The first-order chi connectivity index (χ1) is 10.9. The van der Waals surface area contributed by atoms with Crippen molar-refractivity contribution in [2.45, 2.75) is 13.3 Å². The first-order valence-corrected chi connectivity index (χ1v) is 7.99. The molecule has 7 heteroatoms. The fourth-order valence-corrected chi connectivity index (χ4v) is 1.41. The molecule has 0 aliphatic carbocycles. The molecule has 0 heterocycles. The molecule has 0 bridgehead atoms. The molecule has 0 rings (SSSR count). The Morgan fingerprint density at radius 1 is 0.455 bits per heavy atom. The van der Waals surface area contributed by atoms with Gasteiger partial charge >= 0.3 is 0 Å². The van der Waals surface area contributed by atoms with Gasteiger partial charge in [-0.05, 0) is 6.42 Å². The largest absolute Gasteiger partial charge is 0.394 e. The highest BCUT2D eigenvalue weighted by Gasteiger charge is 1.93. The topological polar surface area (TPSA) is 75.6 Å². The molecule has 0 fully saturated rings. The van der Waals surface area contributed by atoms with Crippen LogP contribution in [0.1, 0.15) is 13.3 Å². The van der Waals surface area contributed by atoms with Gasteiger partial charge in [-0.2, -0.15) is 0 Å². The Hall–Kier alpha value is -0.280. The van der Waals surface area contributed by atoms with Gasteiger partial charge in [-0.25, -0.2) is 0 Å². The van der Waals surface area contributed by atoms with Gasteiger partial charge in [-0.1, -0.05) is 6.92 Å². The second kappa shape index (κ2) is 20.7. The van der Waals surface area contributed by atoms with Gasteiger partial charge in [0.05, 0.1) is 79.3 Å². The maximum absolute atomic E-state index is 8.49. The Morgan fingerprint density at radius 3 is 1.00 bits per heavy atom. The zero-order valence-electron chi connectivity index (χ0n) is 13.8. The monoisotopic (exact) mass is 324 g/mol. The minimum atomic E-state index is 0.0424. The third-order valence-corrected chi connectivity index (χ3v) is 2.44. The van der Waals surface area contributed by atoms with Gasteiger partial charge in [0.1, 0.15) is 0 Å². The van der Waals surface area contributed by atoms with Crippen LogP contribution in [0.25, 0.3) is 0 Å². The summed E-state index contributed by atoms with van der Waals surface area (Å²) < 4.78 is 31.6. The summed E-state index contributed by atoms with van der Waals surface area (Å²) in [4.78, 5) is 0. The third kappa shape index (κ3) is 19.7. The number of rotatable bonds is 19. The molecular formula is C15H32O7. The summed E-state index contributed by atoms with van der Waals surface area (Å²) in [5.41, 5.74) is 0. The van der Waals surface area contributed by atoms with Crippen LogP contribution in [0.5, 0.6) is 0 Å². The van der Waals surface area contributed by atoms with Crippen molar-refractivity contribution in [3.05, 3.63) is 0 Å². The van der Waals surface area contributed by atoms with Crippen LogP contribution in [0.4, 0.5) is 0 Å². The van der Waals surface area contributed by atoms with E-state index < -0.39 is 0 Å². The maximum atomic E-state index is 8.49. The van der Waals surface area contributed by atoms with Crippen molar-refractivity contribution in [1.29, 1.82) is 0 Å². The molecule has 0 spiro atoms. The first kappa shape index (κ1) is 21.7. The molecule has 0 aromatic rings. The van der Waals surface area contributed by atoms with E-state index in [1.165, 1.54) is 0 Å². The van der Waals surface area contributed by atoms with Gasteiger partial charge in [0.2, 0.25) is 0 Å². The highest BCUT2D eigenvalue weighted by molar-refractivity contribution is 4.36. The summed E-state index contributed by atoms with van der Waals surface area (Å²) in [5, 5.41) is 8.49. The van der Waals surface area contributed by atoms with Crippen molar-refractivity contribution >= 4 is 0 Å². The molecule has 0 unspecified atom stereocenters. The summed E-state index contributed by atoms with van der Waals surface area (Å²) in [5.74, 6) is 0. The fourth-order valence-electron chi connectivity index (χ4n) is 1.41. The van der Waals surface area contributed by atoms with E-state index in [2.05, 4.69) is 6.92 Å². The Labute approximate surface area is 133 Å². The number of aliphatic hydroxyl groups is 1. The number of aliphatic hydroxyl groups excluding tert-OH is 1. The molecule has 0 aliphatic rings. The summed E-state index contributed by atoms with van der Waals surface area (Å²) in [6, 6.07) is 0. The highest BCUT2D eigenvalue weighted by atomic mass is 16.6. The lowest BCUT2D eigenvalue weighted by Gasteiger charge is -2.08. The highest BCUT2D eigenvalue weighted by Crippen LogP contribution is 1.85. The first-order valence-electron chi connectivity index (χ1n) is 7.99. The summed E-state index contributed by atoms with van der Waals surface area (Å²) >= 11 is 0. The fraction of sp³-hybridized carbons (Fsp3) is 1.00. The molecule has 0 amide bonds. The summed E-state index contributed by atoms with van der Waals surface area (Å²) in [6.07, 6.45) is 1.03. The second-order valence-corrected chi connectivity index (χ2v) is 4.40. The number of hydrogen-bond donors (Lipinski definition) is 1. The van der Waals surface area contributed by atoms with Gasteiger partial charge < -0.3 is 33.5 Å². The normalized spacial score (nSPS) is 11.2.